The maximum absolute atomic E-state index is 13.1. The topological polar surface area (TPSA) is 35.8 Å². The van der Waals surface area contributed by atoms with Crippen molar-refractivity contribution in [3.05, 3.63) is 64.4 Å². The van der Waals surface area contributed by atoms with E-state index in [1.54, 1.807) is 12.1 Å². The van der Waals surface area contributed by atoms with Crippen LogP contribution in [0.5, 0.6) is 0 Å². The fourth-order valence-corrected chi connectivity index (χ4v) is 1.80. The zero-order valence-corrected chi connectivity index (χ0v) is 10.2. The van der Waals surface area contributed by atoms with E-state index >= 15 is 0 Å². The predicted octanol–water partition coefficient (Wildman–Crippen LogP) is 3.96. The monoisotopic (exact) mass is 260 g/mol. The van der Waals surface area contributed by atoms with E-state index in [1.807, 2.05) is 18.2 Å². The van der Waals surface area contributed by atoms with Crippen LogP contribution in [0, 0.1) is 17.1 Å². The zero-order chi connectivity index (χ0) is 13.0. The van der Waals surface area contributed by atoms with Crippen molar-refractivity contribution < 1.29 is 4.39 Å². The number of anilines is 1. The van der Waals surface area contributed by atoms with E-state index in [0.717, 1.165) is 5.69 Å². The largest absolute Gasteiger partial charge is 0.381 e. The molecule has 0 aliphatic heterocycles. The van der Waals surface area contributed by atoms with Crippen molar-refractivity contribution >= 4 is 17.3 Å². The van der Waals surface area contributed by atoms with Crippen molar-refractivity contribution in [1.29, 1.82) is 5.26 Å². The summed E-state index contributed by atoms with van der Waals surface area (Å²) in [6.07, 6.45) is 0. The summed E-state index contributed by atoms with van der Waals surface area (Å²) in [6, 6.07) is 13.4. The number of nitrogens with zero attached hydrogens (tertiary/aromatic N) is 1. The second kappa shape index (κ2) is 5.52. The molecule has 18 heavy (non-hydrogen) atoms. The molecule has 90 valence electrons. The fourth-order valence-electron chi connectivity index (χ4n) is 1.61. The number of halogens is 2. The number of hydrogen-bond acceptors (Lipinski definition) is 2. The van der Waals surface area contributed by atoms with E-state index in [9.17, 15) is 4.39 Å². The first kappa shape index (κ1) is 12.4. The summed E-state index contributed by atoms with van der Waals surface area (Å²) < 4.78 is 13.1. The molecule has 0 aromatic heterocycles. The van der Waals surface area contributed by atoms with E-state index in [1.165, 1.54) is 18.2 Å². The van der Waals surface area contributed by atoms with Gasteiger partial charge in [0.25, 0.3) is 0 Å². The Morgan fingerprint density at radius 3 is 2.78 bits per heavy atom. The van der Waals surface area contributed by atoms with Crippen LogP contribution < -0.4 is 5.32 Å². The van der Waals surface area contributed by atoms with Crippen LogP contribution in [0.2, 0.25) is 5.02 Å². The van der Waals surface area contributed by atoms with E-state index in [4.69, 9.17) is 16.9 Å². The minimum Gasteiger partial charge on any atom is -0.381 e. The summed E-state index contributed by atoms with van der Waals surface area (Å²) in [6.45, 7) is 0.376. The zero-order valence-electron chi connectivity index (χ0n) is 9.45. The van der Waals surface area contributed by atoms with Gasteiger partial charge in [0.05, 0.1) is 11.6 Å². The average molecular weight is 261 g/mol. The lowest BCUT2D eigenvalue weighted by atomic mass is 10.1. The Kier molecular flexibility index (Phi) is 3.81. The van der Waals surface area contributed by atoms with Gasteiger partial charge >= 0.3 is 0 Å². The molecule has 0 saturated carbocycles. The highest BCUT2D eigenvalue weighted by atomic mass is 35.5. The number of benzene rings is 2. The molecule has 0 unspecified atom stereocenters. The summed E-state index contributed by atoms with van der Waals surface area (Å²) in [5.74, 6) is -0.350. The quantitative estimate of drug-likeness (QED) is 0.907. The maximum Gasteiger partial charge on any atom is 0.123 e. The Morgan fingerprint density at radius 2 is 2.06 bits per heavy atom. The van der Waals surface area contributed by atoms with Crippen LogP contribution >= 0.6 is 11.6 Å². The molecule has 0 spiro atoms. The number of hydrogen-bond donors (Lipinski definition) is 1. The first-order valence-electron chi connectivity index (χ1n) is 5.37. The summed E-state index contributed by atoms with van der Waals surface area (Å²) in [5.41, 5.74) is 1.92. The highest BCUT2D eigenvalue weighted by Crippen LogP contribution is 2.17. The highest BCUT2D eigenvalue weighted by molar-refractivity contribution is 6.30. The van der Waals surface area contributed by atoms with Gasteiger partial charge < -0.3 is 5.32 Å². The minimum atomic E-state index is -0.350. The molecule has 1 N–H and O–H groups in total. The third kappa shape index (κ3) is 2.99. The standard InChI is InChI=1S/C14H10ClFN2/c15-12-2-1-3-14(7-12)18-9-11-6-13(16)5-4-10(11)8-17/h1-7,18H,9H2. The molecule has 0 bridgehead atoms. The van der Waals surface area contributed by atoms with Gasteiger partial charge in [-0.2, -0.15) is 5.26 Å². The Bertz CT molecular complexity index is 605. The van der Waals surface area contributed by atoms with Crippen LogP contribution in [-0.2, 0) is 6.54 Å². The normalized spacial score (nSPS) is 9.83. The van der Waals surface area contributed by atoms with Gasteiger partial charge in [-0.05, 0) is 42.0 Å². The SMILES string of the molecule is N#Cc1ccc(F)cc1CNc1cccc(Cl)c1. The van der Waals surface area contributed by atoms with Gasteiger partial charge in [-0.15, -0.1) is 0 Å². The molecular formula is C14H10ClFN2. The lowest BCUT2D eigenvalue weighted by Crippen LogP contribution is -2.02. The summed E-state index contributed by atoms with van der Waals surface area (Å²) in [4.78, 5) is 0. The lowest BCUT2D eigenvalue weighted by Gasteiger charge is -2.08. The molecular weight excluding hydrogens is 251 g/mol. The number of nitriles is 1. The van der Waals surface area contributed by atoms with Crippen molar-refractivity contribution in [1.82, 2.24) is 0 Å². The molecule has 0 heterocycles. The lowest BCUT2D eigenvalue weighted by molar-refractivity contribution is 0.625. The molecule has 0 radical (unpaired) electrons. The maximum atomic E-state index is 13.1. The van der Waals surface area contributed by atoms with Gasteiger partial charge in [0.1, 0.15) is 5.82 Å². The first-order chi connectivity index (χ1) is 8.69. The summed E-state index contributed by atoms with van der Waals surface area (Å²) >= 11 is 5.86. The molecule has 2 nitrogen and oxygen atoms in total. The highest BCUT2D eigenvalue weighted by Gasteiger charge is 2.03. The van der Waals surface area contributed by atoms with Crippen molar-refractivity contribution in [2.24, 2.45) is 0 Å². The molecule has 2 aromatic rings. The van der Waals surface area contributed by atoms with Crippen LogP contribution in [0.25, 0.3) is 0 Å². The number of rotatable bonds is 3. The van der Waals surface area contributed by atoms with Crippen molar-refractivity contribution in [2.45, 2.75) is 6.54 Å². The molecule has 0 atom stereocenters. The Balaban J connectivity index is 2.15. The van der Waals surface area contributed by atoms with Gasteiger partial charge in [0.2, 0.25) is 0 Å². The summed E-state index contributed by atoms with van der Waals surface area (Å²) in [5, 5.41) is 12.7. The average Bonchev–Trinajstić information content (AvgIpc) is 2.37. The first-order valence-corrected chi connectivity index (χ1v) is 5.75. The van der Waals surface area contributed by atoms with Gasteiger partial charge in [-0.25, -0.2) is 4.39 Å². The van der Waals surface area contributed by atoms with Crippen LogP contribution in [0.1, 0.15) is 11.1 Å². The second-order valence-electron chi connectivity index (χ2n) is 3.78. The van der Waals surface area contributed by atoms with Gasteiger partial charge in [0.15, 0.2) is 0 Å². The fraction of sp³-hybridized carbons (Fsp3) is 0.0714. The molecule has 4 heteroatoms. The second-order valence-corrected chi connectivity index (χ2v) is 4.21. The van der Waals surface area contributed by atoms with Gasteiger partial charge in [0, 0.05) is 17.3 Å². The summed E-state index contributed by atoms with van der Waals surface area (Å²) in [7, 11) is 0. The third-order valence-corrected chi connectivity index (χ3v) is 2.73. The van der Waals surface area contributed by atoms with Crippen LogP contribution in [0.3, 0.4) is 0 Å². The van der Waals surface area contributed by atoms with Crippen LogP contribution in [0.4, 0.5) is 10.1 Å². The third-order valence-electron chi connectivity index (χ3n) is 2.50. The predicted molar refractivity (Wildman–Crippen MR) is 69.9 cm³/mol. The molecule has 2 rings (SSSR count). The Morgan fingerprint density at radius 1 is 1.22 bits per heavy atom. The minimum absolute atomic E-state index is 0.350. The van der Waals surface area contributed by atoms with Crippen molar-refractivity contribution in [2.75, 3.05) is 5.32 Å². The Labute approximate surface area is 110 Å². The van der Waals surface area contributed by atoms with E-state index in [-0.39, 0.29) is 5.82 Å². The van der Waals surface area contributed by atoms with Crippen LogP contribution in [-0.4, -0.2) is 0 Å². The Hall–Kier alpha value is -2.05. The molecule has 0 amide bonds. The molecule has 0 aliphatic rings. The smallest absolute Gasteiger partial charge is 0.123 e. The van der Waals surface area contributed by atoms with Crippen LogP contribution in [0.15, 0.2) is 42.5 Å². The van der Waals surface area contributed by atoms with E-state index in [0.29, 0.717) is 22.7 Å². The van der Waals surface area contributed by atoms with Crippen molar-refractivity contribution in [3.63, 3.8) is 0 Å². The number of nitrogens with one attached hydrogen (secondary N) is 1. The van der Waals surface area contributed by atoms with Crippen molar-refractivity contribution in [3.8, 4) is 6.07 Å². The molecule has 2 aromatic carbocycles. The molecule has 0 saturated heterocycles. The van der Waals surface area contributed by atoms with E-state index < -0.39 is 0 Å². The van der Waals surface area contributed by atoms with E-state index in [2.05, 4.69) is 5.32 Å². The molecule has 0 aliphatic carbocycles. The molecule has 0 fully saturated rings. The van der Waals surface area contributed by atoms with Gasteiger partial charge in [-0.3, -0.25) is 0 Å². The van der Waals surface area contributed by atoms with Gasteiger partial charge in [-0.1, -0.05) is 17.7 Å².